The topological polar surface area (TPSA) is 97.5 Å². The maximum Gasteiger partial charge on any atom is 0.287 e. The third-order valence-electron chi connectivity index (χ3n) is 2.69. The van der Waals surface area contributed by atoms with Crippen LogP contribution < -0.4 is 5.73 Å². The average molecular weight is 354 g/mol. The highest BCUT2D eigenvalue weighted by atomic mass is 35.5. The second-order valence-corrected chi connectivity index (χ2v) is 6.29. The number of benzene rings is 2. The molecule has 5 nitrogen and oxygen atoms in total. The molecular formula is C16H16ClNO4S. The van der Waals surface area contributed by atoms with Crippen LogP contribution in [0.5, 0.6) is 0 Å². The second kappa shape index (κ2) is 8.47. The van der Waals surface area contributed by atoms with Crippen LogP contribution >= 0.6 is 11.6 Å². The minimum atomic E-state index is -4.00. The van der Waals surface area contributed by atoms with E-state index in [1.165, 1.54) is 6.08 Å². The summed E-state index contributed by atoms with van der Waals surface area (Å²) in [5.74, 6) is -0.417. The van der Waals surface area contributed by atoms with Crippen molar-refractivity contribution < 1.29 is 17.8 Å². The lowest BCUT2D eigenvalue weighted by atomic mass is 10.1. The molecule has 7 heteroatoms. The van der Waals surface area contributed by atoms with Crippen molar-refractivity contribution in [3.05, 3.63) is 75.7 Å². The quantitative estimate of drug-likeness (QED) is 0.827. The fourth-order valence-corrected chi connectivity index (χ4v) is 2.19. The Labute approximate surface area is 140 Å². The molecule has 23 heavy (non-hydrogen) atoms. The van der Waals surface area contributed by atoms with Crippen LogP contribution in [0.2, 0.25) is 5.02 Å². The van der Waals surface area contributed by atoms with E-state index in [0.717, 1.165) is 16.5 Å². The summed E-state index contributed by atoms with van der Waals surface area (Å²) in [6.07, 6.45) is 1.33. The van der Waals surface area contributed by atoms with Gasteiger partial charge in [0.25, 0.3) is 10.1 Å². The Morgan fingerprint density at radius 2 is 1.78 bits per heavy atom. The number of rotatable bonds is 3. The van der Waals surface area contributed by atoms with Crippen LogP contribution in [0.25, 0.3) is 6.08 Å². The van der Waals surface area contributed by atoms with Crippen LogP contribution in [0.15, 0.2) is 53.9 Å². The fourth-order valence-electron chi connectivity index (χ4n) is 1.63. The van der Waals surface area contributed by atoms with Gasteiger partial charge in [0, 0.05) is 10.6 Å². The van der Waals surface area contributed by atoms with E-state index in [1.807, 2.05) is 6.07 Å². The largest absolute Gasteiger partial charge is 0.366 e. The van der Waals surface area contributed by atoms with E-state index in [9.17, 15) is 13.2 Å². The number of hydrogen-bond donors (Lipinski definition) is 2. The molecule has 0 atom stereocenters. The van der Waals surface area contributed by atoms with Crippen LogP contribution in [0, 0.1) is 6.92 Å². The van der Waals surface area contributed by atoms with Crippen molar-refractivity contribution in [1.29, 1.82) is 0 Å². The monoisotopic (exact) mass is 353 g/mol. The summed E-state index contributed by atoms with van der Waals surface area (Å²) in [5, 5.41) is 1.37. The molecule has 2 aromatic rings. The van der Waals surface area contributed by atoms with E-state index >= 15 is 0 Å². The van der Waals surface area contributed by atoms with Gasteiger partial charge in [-0.15, -0.1) is 0 Å². The number of carbonyl (C=O) groups is 1. The molecule has 0 saturated heterocycles. The van der Waals surface area contributed by atoms with E-state index in [4.69, 9.17) is 21.9 Å². The first-order valence-electron chi connectivity index (χ1n) is 6.45. The molecule has 3 N–H and O–H groups in total. The Balaban J connectivity index is 0.000000231. The van der Waals surface area contributed by atoms with Crippen molar-refractivity contribution in [3.8, 4) is 0 Å². The molecule has 2 rings (SSSR count). The molecule has 2 aromatic carbocycles. The van der Waals surface area contributed by atoms with E-state index in [1.54, 1.807) is 49.4 Å². The molecule has 0 aliphatic heterocycles. The Hall–Kier alpha value is -2.15. The van der Waals surface area contributed by atoms with Crippen LogP contribution in [-0.2, 0) is 10.1 Å². The van der Waals surface area contributed by atoms with Gasteiger partial charge in [-0.25, -0.2) is 0 Å². The molecule has 0 fully saturated rings. The van der Waals surface area contributed by atoms with Gasteiger partial charge >= 0.3 is 0 Å². The summed E-state index contributed by atoms with van der Waals surface area (Å²) >= 11 is 5.67. The number of nitrogens with two attached hydrogens (primary N) is 1. The van der Waals surface area contributed by atoms with Crippen molar-refractivity contribution in [2.45, 2.75) is 6.92 Å². The smallest absolute Gasteiger partial charge is 0.287 e. The number of carbonyl (C=O) groups excluding carboxylic acids is 1. The maximum absolute atomic E-state index is 10.7. The minimum Gasteiger partial charge on any atom is -0.366 e. The zero-order valence-corrected chi connectivity index (χ0v) is 13.9. The van der Waals surface area contributed by atoms with Crippen LogP contribution in [0.3, 0.4) is 0 Å². The first-order chi connectivity index (χ1) is 10.7. The predicted molar refractivity (Wildman–Crippen MR) is 91.7 cm³/mol. The molecule has 0 bridgehead atoms. The molecule has 0 spiro atoms. The van der Waals surface area contributed by atoms with Gasteiger partial charge in [0.15, 0.2) is 0 Å². The summed E-state index contributed by atoms with van der Waals surface area (Å²) in [7, 11) is -4.00. The molecule has 0 aliphatic rings. The van der Waals surface area contributed by atoms with Crippen molar-refractivity contribution in [1.82, 2.24) is 0 Å². The van der Waals surface area contributed by atoms with Gasteiger partial charge in [0.2, 0.25) is 5.91 Å². The lowest BCUT2D eigenvalue weighted by Crippen LogP contribution is -2.12. The highest BCUT2D eigenvalue weighted by molar-refractivity contribution is 7.88. The molecule has 0 saturated carbocycles. The lowest BCUT2D eigenvalue weighted by molar-refractivity contribution is 0.0999. The Kier molecular flexibility index (Phi) is 6.96. The lowest BCUT2D eigenvalue weighted by Gasteiger charge is -1.99. The van der Waals surface area contributed by atoms with Gasteiger partial charge in [-0.3, -0.25) is 9.35 Å². The third-order valence-corrected chi connectivity index (χ3v) is 3.40. The Morgan fingerprint density at radius 3 is 2.26 bits per heavy atom. The van der Waals surface area contributed by atoms with Gasteiger partial charge in [0.1, 0.15) is 0 Å². The van der Waals surface area contributed by atoms with Crippen molar-refractivity contribution in [2.75, 3.05) is 0 Å². The van der Waals surface area contributed by atoms with Crippen LogP contribution in [-0.4, -0.2) is 18.9 Å². The molecule has 1 amide bonds. The SMILES string of the molecule is Cc1cc(Cl)ccc1C(N)=O.O=S(=O)(O)/C=C/c1ccccc1. The highest BCUT2D eigenvalue weighted by Crippen LogP contribution is 2.14. The van der Waals surface area contributed by atoms with E-state index in [2.05, 4.69) is 0 Å². The Bertz CT molecular complexity index is 802. The minimum absolute atomic E-state index is 0.417. The molecular weight excluding hydrogens is 338 g/mol. The average Bonchev–Trinajstić information content (AvgIpc) is 2.46. The van der Waals surface area contributed by atoms with Gasteiger partial charge in [-0.1, -0.05) is 41.9 Å². The zero-order valence-electron chi connectivity index (χ0n) is 12.3. The fraction of sp³-hybridized carbons (Fsp3) is 0.0625. The highest BCUT2D eigenvalue weighted by Gasteiger charge is 2.03. The Morgan fingerprint density at radius 1 is 1.17 bits per heavy atom. The standard InChI is InChI=1S/C8H8ClNO.C8H8O3S/c1-5-4-6(9)2-3-7(5)8(10)11;9-12(10,11)7-6-8-4-2-1-3-5-8/h2-4H,1H3,(H2,10,11);1-7H,(H,9,10,11)/b;7-6+. The number of hydrogen-bond acceptors (Lipinski definition) is 3. The predicted octanol–water partition coefficient (Wildman–Crippen LogP) is 3.29. The van der Waals surface area contributed by atoms with Crippen LogP contribution in [0.1, 0.15) is 21.5 Å². The molecule has 0 aromatic heterocycles. The van der Waals surface area contributed by atoms with E-state index in [0.29, 0.717) is 10.6 Å². The molecule has 0 heterocycles. The van der Waals surface area contributed by atoms with Gasteiger partial charge in [-0.2, -0.15) is 8.42 Å². The second-order valence-electron chi connectivity index (χ2n) is 4.55. The first kappa shape index (κ1) is 18.9. The summed E-state index contributed by atoms with van der Waals surface area (Å²) in [6.45, 7) is 1.80. The van der Waals surface area contributed by atoms with Gasteiger partial charge < -0.3 is 5.73 Å². The van der Waals surface area contributed by atoms with Crippen molar-refractivity contribution in [2.24, 2.45) is 5.73 Å². The number of halogens is 1. The molecule has 122 valence electrons. The van der Waals surface area contributed by atoms with E-state index < -0.39 is 16.0 Å². The number of aryl methyl sites for hydroxylation is 1. The van der Waals surface area contributed by atoms with Crippen molar-refractivity contribution >= 4 is 33.7 Å². The zero-order chi connectivity index (χ0) is 17.5. The number of primary amides is 1. The first-order valence-corrected chi connectivity index (χ1v) is 8.34. The van der Waals surface area contributed by atoms with Crippen molar-refractivity contribution in [3.63, 3.8) is 0 Å². The van der Waals surface area contributed by atoms with Gasteiger partial charge in [-0.05, 0) is 42.3 Å². The molecule has 0 aliphatic carbocycles. The maximum atomic E-state index is 10.7. The summed E-state index contributed by atoms with van der Waals surface area (Å²) < 4.78 is 28.9. The van der Waals surface area contributed by atoms with Gasteiger partial charge in [0.05, 0.1) is 5.41 Å². The molecule has 0 unspecified atom stereocenters. The summed E-state index contributed by atoms with van der Waals surface area (Å²) in [5.41, 5.74) is 7.15. The van der Waals surface area contributed by atoms with E-state index in [-0.39, 0.29) is 0 Å². The summed E-state index contributed by atoms with van der Waals surface area (Å²) in [4.78, 5) is 10.7. The summed E-state index contributed by atoms with van der Waals surface area (Å²) in [6, 6.07) is 13.8. The molecule has 0 radical (unpaired) electrons. The normalized spacial score (nSPS) is 10.9. The van der Waals surface area contributed by atoms with Crippen LogP contribution in [0.4, 0.5) is 0 Å². The number of amides is 1. The third kappa shape index (κ3) is 7.60.